The fourth-order valence-corrected chi connectivity index (χ4v) is 1.89. The van der Waals surface area contributed by atoms with Crippen LogP contribution in [-0.4, -0.2) is 9.55 Å². The van der Waals surface area contributed by atoms with E-state index in [1.54, 1.807) is 0 Å². The Morgan fingerprint density at radius 2 is 1.94 bits per heavy atom. The van der Waals surface area contributed by atoms with E-state index >= 15 is 0 Å². The summed E-state index contributed by atoms with van der Waals surface area (Å²) in [6.07, 6.45) is 6.72. The molecule has 16 heavy (non-hydrogen) atoms. The average molecular weight is 214 g/mol. The van der Waals surface area contributed by atoms with E-state index in [9.17, 15) is 0 Å². The van der Waals surface area contributed by atoms with Crippen molar-refractivity contribution >= 4 is 0 Å². The summed E-state index contributed by atoms with van der Waals surface area (Å²) in [6, 6.07) is 8.51. The Hall–Kier alpha value is -1.57. The molecule has 0 radical (unpaired) electrons. The maximum atomic E-state index is 4.10. The third kappa shape index (κ3) is 2.51. The van der Waals surface area contributed by atoms with Crippen molar-refractivity contribution in [1.82, 2.24) is 9.55 Å². The van der Waals surface area contributed by atoms with Crippen LogP contribution in [0.2, 0.25) is 0 Å². The molecule has 0 unspecified atom stereocenters. The van der Waals surface area contributed by atoms with Gasteiger partial charge in [0.1, 0.15) is 0 Å². The molecular weight excluding hydrogens is 196 g/mol. The van der Waals surface area contributed by atoms with Crippen LogP contribution in [0.15, 0.2) is 43.0 Å². The SMILES string of the molecule is CC(C)(C)Cc1ccccc1-n1ccnc1. The van der Waals surface area contributed by atoms with Gasteiger partial charge in [-0.05, 0) is 23.5 Å². The highest BCUT2D eigenvalue weighted by Crippen LogP contribution is 2.24. The summed E-state index contributed by atoms with van der Waals surface area (Å²) in [5.74, 6) is 0. The van der Waals surface area contributed by atoms with E-state index in [0.29, 0.717) is 5.41 Å². The first-order chi connectivity index (χ1) is 7.56. The predicted molar refractivity (Wildman–Crippen MR) is 66.7 cm³/mol. The first-order valence-corrected chi connectivity index (χ1v) is 5.62. The molecule has 0 bridgehead atoms. The number of para-hydroxylation sites is 1. The van der Waals surface area contributed by atoms with Crippen molar-refractivity contribution < 1.29 is 0 Å². The zero-order valence-electron chi connectivity index (χ0n) is 10.1. The Labute approximate surface area is 97.0 Å². The molecule has 0 aliphatic rings. The third-order valence-corrected chi connectivity index (χ3v) is 2.49. The van der Waals surface area contributed by atoms with Gasteiger partial charge in [-0.2, -0.15) is 0 Å². The molecule has 1 aromatic carbocycles. The molecule has 0 N–H and O–H groups in total. The monoisotopic (exact) mass is 214 g/mol. The molecule has 2 rings (SSSR count). The molecule has 2 heteroatoms. The molecule has 0 aliphatic carbocycles. The second kappa shape index (κ2) is 4.12. The minimum Gasteiger partial charge on any atom is -0.306 e. The van der Waals surface area contributed by atoms with Crippen molar-refractivity contribution in [2.45, 2.75) is 27.2 Å². The summed E-state index contributed by atoms with van der Waals surface area (Å²) in [5, 5.41) is 0. The minimum atomic E-state index is 0.302. The summed E-state index contributed by atoms with van der Waals surface area (Å²) in [5.41, 5.74) is 2.90. The van der Waals surface area contributed by atoms with Crippen molar-refractivity contribution in [2.75, 3.05) is 0 Å². The Bertz CT molecular complexity index is 450. The molecule has 2 aromatic rings. The molecule has 0 saturated carbocycles. The fourth-order valence-electron chi connectivity index (χ4n) is 1.89. The first-order valence-electron chi connectivity index (χ1n) is 5.62. The highest BCUT2D eigenvalue weighted by Gasteiger charge is 2.14. The summed E-state index contributed by atoms with van der Waals surface area (Å²) < 4.78 is 2.07. The van der Waals surface area contributed by atoms with Crippen LogP contribution in [0.25, 0.3) is 5.69 Å². The summed E-state index contributed by atoms with van der Waals surface area (Å²) in [4.78, 5) is 4.10. The molecule has 1 aromatic heterocycles. The average Bonchev–Trinajstić information content (AvgIpc) is 2.69. The van der Waals surface area contributed by atoms with E-state index in [2.05, 4.69) is 54.6 Å². The van der Waals surface area contributed by atoms with Crippen molar-refractivity contribution in [1.29, 1.82) is 0 Å². The van der Waals surface area contributed by atoms with Gasteiger partial charge in [-0.25, -0.2) is 4.98 Å². The summed E-state index contributed by atoms with van der Waals surface area (Å²) in [6.45, 7) is 6.78. The van der Waals surface area contributed by atoms with E-state index in [0.717, 1.165) is 6.42 Å². The maximum absolute atomic E-state index is 4.10. The number of rotatable bonds is 2. The van der Waals surface area contributed by atoms with Crippen LogP contribution in [0.3, 0.4) is 0 Å². The van der Waals surface area contributed by atoms with Gasteiger partial charge in [0.05, 0.1) is 6.33 Å². The molecule has 0 fully saturated rings. The second-order valence-corrected chi connectivity index (χ2v) is 5.34. The van der Waals surface area contributed by atoms with E-state index in [4.69, 9.17) is 0 Å². The van der Waals surface area contributed by atoms with Gasteiger partial charge in [0, 0.05) is 18.1 Å². The predicted octanol–water partition coefficient (Wildman–Crippen LogP) is 3.46. The lowest BCUT2D eigenvalue weighted by Crippen LogP contribution is -2.11. The van der Waals surface area contributed by atoms with Gasteiger partial charge in [0.25, 0.3) is 0 Å². The lowest BCUT2D eigenvalue weighted by atomic mass is 9.87. The maximum Gasteiger partial charge on any atom is 0.0991 e. The van der Waals surface area contributed by atoms with Crippen molar-refractivity contribution in [3.8, 4) is 5.69 Å². The smallest absolute Gasteiger partial charge is 0.0991 e. The number of nitrogens with zero attached hydrogens (tertiary/aromatic N) is 2. The van der Waals surface area contributed by atoms with Crippen molar-refractivity contribution in [2.24, 2.45) is 5.41 Å². The largest absolute Gasteiger partial charge is 0.306 e. The first kappa shape index (κ1) is 10.9. The van der Waals surface area contributed by atoms with Gasteiger partial charge in [-0.1, -0.05) is 39.0 Å². The molecule has 84 valence electrons. The topological polar surface area (TPSA) is 17.8 Å². The Kier molecular flexibility index (Phi) is 2.82. The van der Waals surface area contributed by atoms with Crippen LogP contribution in [-0.2, 0) is 6.42 Å². The number of imidazole rings is 1. The minimum absolute atomic E-state index is 0.302. The van der Waals surface area contributed by atoms with Gasteiger partial charge in [0.15, 0.2) is 0 Å². The second-order valence-electron chi connectivity index (χ2n) is 5.34. The van der Waals surface area contributed by atoms with Crippen LogP contribution in [0.4, 0.5) is 0 Å². The van der Waals surface area contributed by atoms with Crippen LogP contribution < -0.4 is 0 Å². The molecule has 0 amide bonds. The molecule has 0 saturated heterocycles. The molecule has 2 nitrogen and oxygen atoms in total. The Morgan fingerprint density at radius 1 is 1.19 bits per heavy atom. The van der Waals surface area contributed by atoms with Crippen LogP contribution >= 0.6 is 0 Å². The number of hydrogen-bond donors (Lipinski definition) is 0. The van der Waals surface area contributed by atoms with E-state index < -0.39 is 0 Å². The highest BCUT2D eigenvalue weighted by atomic mass is 15.0. The van der Waals surface area contributed by atoms with E-state index in [1.165, 1.54) is 11.3 Å². The highest BCUT2D eigenvalue weighted by molar-refractivity contribution is 5.41. The van der Waals surface area contributed by atoms with Crippen molar-refractivity contribution in [3.05, 3.63) is 48.5 Å². The van der Waals surface area contributed by atoms with Crippen LogP contribution in [0.1, 0.15) is 26.3 Å². The zero-order valence-corrected chi connectivity index (χ0v) is 10.1. The molecule has 1 heterocycles. The van der Waals surface area contributed by atoms with Gasteiger partial charge in [0.2, 0.25) is 0 Å². The Morgan fingerprint density at radius 3 is 2.56 bits per heavy atom. The Balaban J connectivity index is 2.39. The van der Waals surface area contributed by atoms with Crippen molar-refractivity contribution in [3.63, 3.8) is 0 Å². The van der Waals surface area contributed by atoms with E-state index in [1.807, 2.05) is 18.7 Å². The molecule has 0 spiro atoms. The third-order valence-electron chi connectivity index (χ3n) is 2.49. The molecule has 0 atom stereocenters. The number of aromatic nitrogens is 2. The quantitative estimate of drug-likeness (QED) is 0.748. The zero-order chi connectivity index (χ0) is 11.6. The lowest BCUT2D eigenvalue weighted by molar-refractivity contribution is 0.410. The standard InChI is InChI=1S/C14H18N2/c1-14(2,3)10-12-6-4-5-7-13(12)16-9-8-15-11-16/h4-9,11H,10H2,1-3H3. The van der Waals surface area contributed by atoms with Gasteiger partial charge < -0.3 is 4.57 Å². The fraction of sp³-hybridized carbons (Fsp3) is 0.357. The number of hydrogen-bond acceptors (Lipinski definition) is 1. The summed E-state index contributed by atoms with van der Waals surface area (Å²) in [7, 11) is 0. The summed E-state index contributed by atoms with van der Waals surface area (Å²) >= 11 is 0. The van der Waals surface area contributed by atoms with Gasteiger partial charge in [-0.15, -0.1) is 0 Å². The number of benzene rings is 1. The van der Waals surface area contributed by atoms with Gasteiger partial charge in [-0.3, -0.25) is 0 Å². The normalized spacial score (nSPS) is 11.7. The molecule has 0 aliphatic heterocycles. The lowest BCUT2D eigenvalue weighted by Gasteiger charge is -2.20. The van der Waals surface area contributed by atoms with Crippen LogP contribution in [0.5, 0.6) is 0 Å². The molecular formula is C14H18N2. The van der Waals surface area contributed by atoms with Gasteiger partial charge >= 0.3 is 0 Å². The van der Waals surface area contributed by atoms with E-state index in [-0.39, 0.29) is 0 Å². The van der Waals surface area contributed by atoms with Crippen LogP contribution in [0, 0.1) is 5.41 Å².